The summed E-state index contributed by atoms with van der Waals surface area (Å²) in [5.74, 6) is 0.773. The Morgan fingerprint density at radius 3 is 2.47 bits per heavy atom. The van der Waals surface area contributed by atoms with Crippen molar-refractivity contribution >= 4 is 22.6 Å². The minimum absolute atomic E-state index is 0.0217. The van der Waals surface area contributed by atoms with Gasteiger partial charge in [-0.3, -0.25) is 14.3 Å². The Morgan fingerprint density at radius 2 is 1.77 bits per heavy atom. The third kappa shape index (κ3) is 3.82. The SMILES string of the molecule is CCCCc1nc2ccccc2c(=O)n1-c1ccc(N(C)C(=O)N2CCCC2)cc1. The number of likely N-dealkylation sites (tertiary alicyclic amines) is 1. The quantitative estimate of drug-likeness (QED) is 0.634. The fraction of sp³-hybridized carbons (Fsp3) is 0.375. The summed E-state index contributed by atoms with van der Waals surface area (Å²) in [6.07, 6.45) is 4.88. The number of unbranched alkanes of at least 4 members (excludes halogenated alkanes) is 1. The molecule has 6 heteroatoms. The molecule has 1 aliphatic heterocycles. The van der Waals surface area contributed by atoms with Gasteiger partial charge in [0.2, 0.25) is 0 Å². The largest absolute Gasteiger partial charge is 0.324 e. The Morgan fingerprint density at radius 1 is 1.07 bits per heavy atom. The molecule has 156 valence electrons. The van der Waals surface area contributed by atoms with Gasteiger partial charge in [0.1, 0.15) is 5.82 Å². The van der Waals surface area contributed by atoms with Crippen molar-refractivity contribution in [1.29, 1.82) is 0 Å². The number of aromatic nitrogens is 2. The Hall–Kier alpha value is -3.15. The average molecular weight is 405 g/mol. The highest BCUT2D eigenvalue weighted by atomic mass is 16.2. The number of carbonyl (C=O) groups is 1. The zero-order valence-electron chi connectivity index (χ0n) is 17.7. The van der Waals surface area contributed by atoms with Crippen LogP contribution in [0.25, 0.3) is 16.6 Å². The number of hydrogen-bond donors (Lipinski definition) is 0. The highest BCUT2D eigenvalue weighted by molar-refractivity contribution is 5.91. The number of amides is 2. The second-order valence-corrected chi connectivity index (χ2v) is 7.84. The molecule has 3 aromatic rings. The van der Waals surface area contributed by atoms with Gasteiger partial charge in [-0.2, -0.15) is 0 Å². The maximum Gasteiger partial charge on any atom is 0.324 e. The lowest BCUT2D eigenvalue weighted by Crippen LogP contribution is -2.39. The zero-order valence-corrected chi connectivity index (χ0v) is 17.7. The number of rotatable bonds is 5. The number of aryl methyl sites for hydroxylation is 1. The van der Waals surface area contributed by atoms with Crippen LogP contribution < -0.4 is 10.5 Å². The lowest BCUT2D eigenvalue weighted by molar-refractivity contribution is 0.217. The van der Waals surface area contributed by atoms with Crippen LogP contribution in [0.3, 0.4) is 0 Å². The smallest absolute Gasteiger partial charge is 0.324 e. The number of urea groups is 1. The van der Waals surface area contributed by atoms with E-state index in [2.05, 4.69) is 6.92 Å². The molecule has 2 heterocycles. The van der Waals surface area contributed by atoms with Gasteiger partial charge in [0, 0.05) is 32.2 Å². The molecule has 0 radical (unpaired) electrons. The first kappa shape index (κ1) is 20.1. The summed E-state index contributed by atoms with van der Waals surface area (Å²) in [5.41, 5.74) is 2.26. The summed E-state index contributed by atoms with van der Waals surface area (Å²) in [5, 5.41) is 0.614. The molecular formula is C24H28N4O2. The molecule has 1 saturated heterocycles. The van der Waals surface area contributed by atoms with Crippen molar-refractivity contribution in [3.63, 3.8) is 0 Å². The number of anilines is 1. The van der Waals surface area contributed by atoms with Crippen LogP contribution in [0.1, 0.15) is 38.4 Å². The lowest BCUT2D eigenvalue weighted by Gasteiger charge is -2.24. The van der Waals surface area contributed by atoms with E-state index in [4.69, 9.17) is 4.98 Å². The summed E-state index contributed by atoms with van der Waals surface area (Å²) < 4.78 is 1.71. The fourth-order valence-corrected chi connectivity index (χ4v) is 4.00. The first-order chi connectivity index (χ1) is 14.6. The van der Waals surface area contributed by atoms with Gasteiger partial charge >= 0.3 is 6.03 Å². The second-order valence-electron chi connectivity index (χ2n) is 7.84. The Kier molecular flexibility index (Phi) is 5.84. The van der Waals surface area contributed by atoms with Crippen LogP contribution in [0.5, 0.6) is 0 Å². The molecule has 0 unspecified atom stereocenters. The molecule has 0 spiro atoms. The van der Waals surface area contributed by atoms with Gasteiger partial charge < -0.3 is 4.90 Å². The molecule has 2 amide bonds. The van der Waals surface area contributed by atoms with Gasteiger partial charge in [0.15, 0.2) is 0 Å². The highest BCUT2D eigenvalue weighted by Gasteiger charge is 2.22. The van der Waals surface area contributed by atoms with E-state index in [0.717, 1.165) is 67.9 Å². The molecule has 1 aliphatic rings. The first-order valence-electron chi connectivity index (χ1n) is 10.7. The van der Waals surface area contributed by atoms with E-state index < -0.39 is 0 Å². The molecule has 0 N–H and O–H groups in total. The van der Waals surface area contributed by atoms with Crippen LogP contribution >= 0.6 is 0 Å². The second kappa shape index (κ2) is 8.69. The van der Waals surface area contributed by atoms with Gasteiger partial charge in [0.05, 0.1) is 16.6 Å². The van der Waals surface area contributed by atoms with E-state index in [0.29, 0.717) is 5.39 Å². The van der Waals surface area contributed by atoms with Crippen molar-refractivity contribution in [2.45, 2.75) is 39.0 Å². The lowest BCUT2D eigenvalue weighted by atomic mass is 10.2. The van der Waals surface area contributed by atoms with Crippen LogP contribution in [0.15, 0.2) is 53.3 Å². The summed E-state index contributed by atoms with van der Waals surface area (Å²) in [6, 6.07) is 15.1. The molecule has 1 fully saturated rings. The van der Waals surface area contributed by atoms with E-state index in [1.165, 1.54) is 0 Å². The van der Waals surface area contributed by atoms with E-state index in [-0.39, 0.29) is 11.6 Å². The third-order valence-corrected chi connectivity index (χ3v) is 5.76. The maximum absolute atomic E-state index is 13.3. The number of benzene rings is 2. The molecule has 30 heavy (non-hydrogen) atoms. The van der Waals surface area contributed by atoms with Crippen molar-refractivity contribution in [1.82, 2.24) is 14.5 Å². The minimum atomic E-state index is -0.0547. The Bertz CT molecular complexity index is 1100. The molecule has 4 rings (SSSR count). The van der Waals surface area contributed by atoms with E-state index >= 15 is 0 Å². The van der Waals surface area contributed by atoms with Crippen LogP contribution in [0.2, 0.25) is 0 Å². The highest BCUT2D eigenvalue weighted by Crippen LogP contribution is 2.21. The van der Waals surface area contributed by atoms with Crippen LogP contribution in [0.4, 0.5) is 10.5 Å². The van der Waals surface area contributed by atoms with Gasteiger partial charge in [0.25, 0.3) is 5.56 Å². The molecule has 6 nitrogen and oxygen atoms in total. The topological polar surface area (TPSA) is 58.4 Å². The zero-order chi connectivity index (χ0) is 21.1. The molecule has 0 saturated carbocycles. The van der Waals surface area contributed by atoms with Gasteiger partial charge in [-0.15, -0.1) is 0 Å². The number of carbonyl (C=O) groups excluding carboxylic acids is 1. The van der Waals surface area contributed by atoms with E-state index in [9.17, 15) is 9.59 Å². The molecule has 0 atom stereocenters. The van der Waals surface area contributed by atoms with Crippen molar-refractivity contribution in [3.8, 4) is 5.69 Å². The summed E-state index contributed by atoms with van der Waals surface area (Å²) in [6.45, 7) is 3.77. The maximum atomic E-state index is 13.3. The third-order valence-electron chi connectivity index (χ3n) is 5.76. The van der Waals surface area contributed by atoms with E-state index in [1.807, 2.05) is 53.4 Å². The standard InChI is InChI=1S/C24H28N4O2/c1-3-4-11-22-25-21-10-6-5-9-20(21)23(29)28(22)19-14-12-18(13-15-19)26(2)24(30)27-16-7-8-17-27/h5-6,9-10,12-15H,3-4,7-8,11,16-17H2,1-2H3. The molecule has 0 aliphatic carbocycles. The van der Waals surface area contributed by atoms with Crippen LogP contribution in [0, 0.1) is 0 Å². The molecule has 1 aromatic heterocycles. The summed E-state index contributed by atoms with van der Waals surface area (Å²) >= 11 is 0. The monoisotopic (exact) mass is 404 g/mol. The van der Waals surface area contributed by atoms with Crippen LogP contribution in [-0.2, 0) is 6.42 Å². The number of para-hydroxylation sites is 1. The van der Waals surface area contributed by atoms with Gasteiger partial charge in [-0.05, 0) is 55.7 Å². The summed E-state index contributed by atoms with van der Waals surface area (Å²) in [7, 11) is 1.80. The van der Waals surface area contributed by atoms with Crippen molar-refractivity contribution in [2.24, 2.45) is 0 Å². The predicted octanol–water partition coefficient (Wildman–Crippen LogP) is 4.38. The van der Waals surface area contributed by atoms with Crippen molar-refractivity contribution < 1.29 is 4.79 Å². The summed E-state index contributed by atoms with van der Waals surface area (Å²) in [4.78, 5) is 34.3. The fourth-order valence-electron chi connectivity index (χ4n) is 4.00. The normalized spacial score (nSPS) is 13.7. The average Bonchev–Trinajstić information content (AvgIpc) is 3.32. The molecular weight excluding hydrogens is 376 g/mol. The Labute approximate surface area is 176 Å². The Balaban J connectivity index is 1.70. The molecule has 0 bridgehead atoms. The van der Waals surface area contributed by atoms with Gasteiger partial charge in [-0.25, -0.2) is 9.78 Å². The number of fused-ring (bicyclic) bond motifs is 1. The van der Waals surface area contributed by atoms with Gasteiger partial charge in [-0.1, -0.05) is 25.5 Å². The number of hydrogen-bond acceptors (Lipinski definition) is 3. The number of nitrogens with zero attached hydrogens (tertiary/aromatic N) is 4. The minimum Gasteiger partial charge on any atom is -0.324 e. The van der Waals surface area contributed by atoms with Crippen LogP contribution in [-0.4, -0.2) is 40.6 Å². The predicted molar refractivity (Wildman–Crippen MR) is 121 cm³/mol. The van der Waals surface area contributed by atoms with E-state index in [1.54, 1.807) is 16.5 Å². The first-order valence-corrected chi connectivity index (χ1v) is 10.7. The van der Waals surface area contributed by atoms with Crippen molar-refractivity contribution in [3.05, 3.63) is 64.7 Å². The molecule has 2 aromatic carbocycles. The van der Waals surface area contributed by atoms with Crippen molar-refractivity contribution in [2.75, 3.05) is 25.0 Å².